The first-order chi connectivity index (χ1) is 13.6. The molecule has 0 aromatic heterocycles. The molecule has 1 atom stereocenters. The highest BCUT2D eigenvalue weighted by atomic mass is 35.5. The number of benzene rings is 2. The number of nitro groups is 1. The molecule has 1 heterocycles. The Morgan fingerprint density at radius 3 is 2.79 bits per heavy atom. The van der Waals surface area contributed by atoms with Crippen molar-refractivity contribution in [3.05, 3.63) is 68.2 Å². The molecule has 1 amide bonds. The van der Waals surface area contributed by atoms with Gasteiger partial charge in [0.25, 0.3) is 11.6 Å². The molecule has 1 unspecified atom stereocenters. The largest absolute Gasteiger partial charge is 0.369 e. The third-order valence-electron chi connectivity index (χ3n) is 5.44. The van der Waals surface area contributed by atoms with E-state index in [1.807, 2.05) is 12.1 Å². The minimum atomic E-state index is -0.549. The van der Waals surface area contributed by atoms with E-state index in [1.54, 1.807) is 0 Å². The quantitative estimate of drug-likeness (QED) is 0.445. The van der Waals surface area contributed by atoms with Gasteiger partial charge in [0.15, 0.2) is 0 Å². The Kier molecular flexibility index (Phi) is 5.61. The zero-order valence-corrected chi connectivity index (χ0v) is 17.5. The van der Waals surface area contributed by atoms with E-state index in [1.165, 1.54) is 36.0 Å². The van der Waals surface area contributed by atoms with Crippen LogP contribution in [-0.4, -0.2) is 29.6 Å². The van der Waals surface area contributed by atoms with Crippen molar-refractivity contribution in [2.75, 3.05) is 11.9 Å². The van der Waals surface area contributed by atoms with Gasteiger partial charge in [0.05, 0.1) is 16.2 Å². The number of fused-ring (bicyclic) bond motifs is 1. The molecule has 29 heavy (non-hydrogen) atoms. The van der Waals surface area contributed by atoms with Gasteiger partial charge in [0.2, 0.25) is 0 Å². The number of rotatable bonds is 4. The number of halogens is 1. The number of non-ortho nitro benzene ring substituents is 1. The summed E-state index contributed by atoms with van der Waals surface area (Å²) in [5.41, 5.74) is 5.41. The van der Waals surface area contributed by atoms with Crippen LogP contribution in [0.4, 0.5) is 11.4 Å². The molecule has 0 aliphatic carbocycles. The molecular formula is C21H23ClN4O3. The van der Waals surface area contributed by atoms with Gasteiger partial charge >= 0.3 is 0 Å². The Labute approximate surface area is 174 Å². The summed E-state index contributed by atoms with van der Waals surface area (Å²) < 4.78 is 0. The van der Waals surface area contributed by atoms with Crippen LogP contribution in [0.5, 0.6) is 0 Å². The Morgan fingerprint density at radius 2 is 2.10 bits per heavy atom. The van der Waals surface area contributed by atoms with Crippen molar-refractivity contribution in [1.29, 1.82) is 0 Å². The second kappa shape index (κ2) is 7.83. The number of amides is 1. The molecule has 0 bridgehead atoms. The van der Waals surface area contributed by atoms with E-state index >= 15 is 0 Å². The van der Waals surface area contributed by atoms with Crippen LogP contribution in [0.2, 0.25) is 5.02 Å². The van der Waals surface area contributed by atoms with E-state index in [9.17, 15) is 14.9 Å². The molecule has 3 rings (SSSR count). The van der Waals surface area contributed by atoms with E-state index in [0.717, 1.165) is 12.1 Å². The summed E-state index contributed by atoms with van der Waals surface area (Å²) in [7, 11) is 2.06. The van der Waals surface area contributed by atoms with Crippen LogP contribution in [0.3, 0.4) is 0 Å². The van der Waals surface area contributed by atoms with Crippen LogP contribution in [-0.2, 0) is 0 Å². The summed E-state index contributed by atoms with van der Waals surface area (Å²) in [4.78, 5) is 24.7. The minimum absolute atomic E-state index is 0.0393. The first-order valence-corrected chi connectivity index (χ1v) is 9.63. The molecule has 1 aliphatic rings. The van der Waals surface area contributed by atoms with E-state index in [0.29, 0.717) is 16.5 Å². The fourth-order valence-corrected chi connectivity index (χ4v) is 3.90. The van der Waals surface area contributed by atoms with Crippen molar-refractivity contribution in [2.45, 2.75) is 38.6 Å². The summed E-state index contributed by atoms with van der Waals surface area (Å²) in [5, 5.41) is 15.4. The van der Waals surface area contributed by atoms with Gasteiger partial charge in [0, 0.05) is 41.5 Å². The second-order valence-electron chi connectivity index (χ2n) is 7.92. The number of nitrogens with zero attached hydrogens (tertiary/aromatic N) is 3. The van der Waals surface area contributed by atoms with Crippen LogP contribution in [0, 0.1) is 10.1 Å². The molecule has 0 radical (unpaired) electrons. The van der Waals surface area contributed by atoms with Crippen LogP contribution in [0.15, 0.2) is 41.5 Å². The van der Waals surface area contributed by atoms with Crippen LogP contribution >= 0.6 is 11.6 Å². The highest BCUT2D eigenvalue weighted by molar-refractivity contribution is 6.33. The summed E-state index contributed by atoms with van der Waals surface area (Å²) >= 11 is 6.45. The predicted molar refractivity (Wildman–Crippen MR) is 115 cm³/mol. The Balaban J connectivity index is 1.80. The van der Waals surface area contributed by atoms with Gasteiger partial charge in [-0.2, -0.15) is 5.10 Å². The lowest BCUT2D eigenvalue weighted by Gasteiger charge is -2.45. The molecular weight excluding hydrogens is 392 g/mol. The van der Waals surface area contributed by atoms with Crippen molar-refractivity contribution in [3.63, 3.8) is 0 Å². The fraction of sp³-hybridized carbons (Fsp3) is 0.333. The zero-order valence-electron chi connectivity index (χ0n) is 16.8. The maximum atomic E-state index is 12.2. The maximum absolute atomic E-state index is 12.2. The number of nitro benzene ring substituents is 1. The molecule has 1 aliphatic heterocycles. The molecule has 152 valence electrons. The molecule has 0 fully saturated rings. The number of anilines is 1. The lowest BCUT2D eigenvalue weighted by molar-refractivity contribution is -0.384. The van der Waals surface area contributed by atoms with Crippen molar-refractivity contribution >= 4 is 35.1 Å². The molecule has 2 aromatic carbocycles. The van der Waals surface area contributed by atoms with E-state index in [4.69, 9.17) is 11.6 Å². The SMILES string of the molecule is CC1CC(C)(C)N(C)c2cc(Cl)c(/C=N\NC(=O)c3cccc([N+](=O)[O-])c3)cc21. The summed E-state index contributed by atoms with van der Waals surface area (Å²) in [6, 6.07) is 9.40. The zero-order chi connectivity index (χ0) is 21.3. The minimum Gasteiger partial charge on any atom is -0.369 e. The van der Waals surface area contributed by atoms with Crippen LogP contribution in [0.25, 0.3) is 0 Å². The standard InChI is InChI=1S/C21H23ClN4O3/c1-13-11-21(2,3)25(4)19-10-18(22)15(9-17(13)19)12-23-24-20(27)14-6-5-7-16(8-14)26(28)29/h5-10,12-13H,11H2,1-4H3,(H,24,27)/b23-12-. The molecule has 1 N–H and O–H groups in total. The third kappa shape index (κ3) is 4.24. The van der Waals surface area contributed by atoms with Gasteiger partial charge in [-0.15, -0.1) is 0 Å². The summed E-state index contributed by atoms with van der Waals surface area (Å²) in [6.07, 6.45) is 2.50. The Hall–Kier alpha value is -2.93. The Morgan fingerprint density at radius 1 is 1.38 bits per heavy atom. The first kappa shape index (κ1) is 20.8. The number of carbonyl (C=O) groups is 1. The van der Waals surface area contributed by atoms with E-state index < -0.39 is 10.8 Å². The monoisotopic (exact) mass is 414 g/mol. The number of nitrogens with one attached hydrogen (secondary N) is 1. The van der Waals surface area contributed by atoms with Crippen molar-refractivity contribution in [3.8, 4) is 0 Å². The molecule has 7 nitrogen and oxygen atoms in total. The number of hydrogen-bond donors (Lipinski definition) is 1. The molecule has 2 aromatic rings. The average molecular weight is 415 g/mol. The van der Waals surface area contributed by atoms with Gasteiger partial charge in [-0.1, -0.05) is 24.6 Å². The number of hydrazone groups is 1. The van der Waals surface area contributed by atoms with E-state index in [2.05, 4.69) is 43.2 Å². The first-order valence-electron chi connectivity index (χ1n) is 9.25. The molecule has 0 spiro atoms. The highest BCUT2D eigenvalue weighted by Crippen LogP contribution is 2.44. The smallest absolute Gasteiger partial charge is 0.271 e. The van der Waals surface area contributed by atoms with E-state index in [-0.39, 0.29) is 16.8 Å². The molecule has 8 heteroatoms. The average Bonchev–Trinajstić information content (AvgIpc) is 2.66. The predicted octanol–water partition coefficient (Wildman–Crippen LogP) is 4.73. The van der Waals surface area contributed by atoms with Crippen LogP contribution < -0.4 is 10.3 Å². The van der Waals surface area contributed by atoms with Crippen molar-refractivity contribution in [2.24, 2.45) is 5.10 Å². The van der Waals surface area contributed by atoms with Gasteiger partial charge in [-0.3, -0.25) is 14.9 Å². The van der Waals surface area contributed by atoms with Crippen molar-refractivity contribution in [1.82, 2.24) is 5.43 Å². The van der Waals surface area contributed by atoms with Gasteiger partial charge in [0.1, 0.15) is 0 Å². The van der Waals surface area contributed by atoms with Gasteiger partial charge in [-0.25, -0.2) is 5.43 Å². The summed E-state index contributed by atoms with van der Waals surface area (Å²) in [6.45, 7) is 6.60. The summed E-state index contributed by atoms with van der Waals surface area (Å²) in [5.74, 6) is -0.172. The van der Waals surface area contributed by atoms with Gasteiger partial charge < -0.3 is 4.90 Å². The normalized spacial score (nSPS) is 17.8. The lowest BCUT2D eigenvalue weighted by Crippen LogP contribution is -2.45. The highest BCUT2D eigenvalue weighted by Gasteiger charge is 2.34. The third-order valence-corrected chi connectivity index (χ3v) is 5.77. The fourth-order valence-electron chi connectivity index (χ4n) is 3.69. The lowest BCUT2D eigenvalue weighted by atomic mass is 9.80. The molecule has 0 saturated heterocycles. The Bertz CT molecular complexity index is 1000. The molecule has 0 saturated carbocycles. The van der Waals surface area contributed by atoms with Gasteiger partial charge in [-0.05, 0) is 49.9 Å². The second-order valence-corrected chi connectivity index (χ2v) is 8.32. The number of carbonyl (C=O) groups excluding carboxylic acids is 1. The number of hydrogen-bond acceptors (Lipinski definition) is 5. The maximum Gasteiger partial charge on any atom is 0.271 e. The van der Waals surface area contributed by atoms with Crippen LogP contribution in [0.1, 0.15) is 54.6 Å². The van der Waals surface area contributed by atoms with Crippen molar-refractivity contribution < 1.29 is 9.72 Å². The topological polar surface area (TPSA) is 87.8 Å².